The summed E-state index contributed by atoms with van der Waals surface area (Å²) in [5.74, 6) is 4.65. The molecule has 1 aliphatic heterocycles. The lowest BCUT2D eigenvalue weighted by atomic mass is 9.84. The lowest BCUT2D eigenvalue weighted by molar-refractivity contribution is -0.203. The summed E-state index contributed by atoms with van der Waals surface area (Å²) >= 11 is 6.33. The number of carbonyl (C=O) groups is 1. The lowest BCUT2D eigenvalue weighted by Crippen LogP contribution is -2.59. The number of hydrogen-bond donors (Lipinski definition) is 2. The van der Waals surface area contributed by atoms with Crippen LogP contribution in [0.25, 0.3) is 0 Å². The molecule has 1 unspecified atom stereocenters. The average Bonchev–Trinajstić information content (AvgIpc) is 3.51. The Balaban J connectivity index is 1.88. The number of urea groups is 1. The number of hydrogen-bond acceptors (Lipinski definition) is 4. The molecule has 1 atom stereocenters. The summed E-state index contributed by atoms with van der Waals surface area (Å²) in [6.07, 6.45) is -0.720. The number of rotatable bonds is 2. The first kappa shape index (κ1) is 21.1. The normalized spacial score (nSPS) is 20.5. The summed E-state index contributed by atoms with van der Waals surface area (Å²) in [4.78, 5) is 28.9. The highest BCUT2D eigenvalue weighted by molar-refractivity contribution is 6.31. The number of nitrogens with one attached hydrogen (secondary N) is 1. The minimum Gasteiger partial charge on any atom is -0.379 e. The molecule has 2 aliphatic rings. The summed E-state index contributed by atoms with van der Waals surface area (Å²) in [7, 11) is 1.05. The van der Waals surface area contributed by atoms with Crippen molar-refractivity contribution in [2.24, 2.45) is 5.92 Å². The molecular weight excluding hydrogens is 435 g/mol. The predicted molar refractivity (Wildman–Crippen MR) is 108 cm³/mol. The maximum absolute atomic E-state index is 14.4. The van der Waals surface area contributed by atoms with Gasteiger partial charge in [-0.05, 0) is 30.5 Å². The zero-order valence-corrected chi connectivity index (χ0v) is 17.0. The molecule has 1 aromatic heterocycles. The molecule has 2 aromatic rings. The van der Waals surface area contributed by atoms with Crippen molar-refractivity contribution in [2.45, 2.75) is 31.1 Å². The van der Waals surface area contributed by atoms with Crippen molar-refractivity contribution in [3.8, 4) is 11.8 Å². The van der Waals surface area contributed by atoms with Crippen molar-refractivity contribution in [1.82, 2.24) is 14.5 Å². The van der Waals surface area contributed by atoms with Gasteiger partial charge in [0, 0.05) is 41.6 Å². The van der Waals surface area contributed by atoms with Crippen LogP contribution < -0.4 is 16.6 Å². The SMILES string of the molecule is CN1C(=O)Nc2cc(Cn3ccnc(N)c3=O)c(Cl)cc2C1(C#CC1CC1)C(F)(F)F. The highest BCUT2D eigenvalue weighted by Gasteiger charge is 2.62. The van der Waals surface area contributed by atoms with Crippen LogP contribution in [0, 0.1) is 17.8 Å². The first-order valence-electron chi connectivity index (χ1n) is 9.32. The molecule has 1 fully saturated rings. The molecular formula is C20H17ClF3N5O2. The lowest BCUT2D eigenvalue weighted by Gasteiger charge is -2.43. The molecule has 2 heterocycles. The number of fused-ring (bicyclic) bond motifs is 1. The molecule has 0 radical (unpaired) electrons. The quantitative estimate of drug-likeness (QED) is 0.686. The van der Waals surface area contributed by atoms with Gasteiger partial charge >= 0.3 is 12.2 Å². The van der Waals surface area contributed by atoms with Gasteiger partial charge in [-0.15, -0.1) is 0 Å². The third-order valence-corrected chi connectivity index (χ3v) is 5.70. The Kier molecular flexibility index (Phi) is 4.89. The molecule has 2 amide bonds. The fourth-order valence-corrected chi connectivity index (χ4v) is 3.67. The molecule has 0 spiro atoms. The molecule has 0 bridgehead atoms. The van der Waals surface area contributed by atoms with E-state index < -0.39 is 23.3 Å². The largest absolute Gasteiger partial charge is 0.427 e. The monoisotopic (exact) mass is 451 g/mol. The summed E-state index contributed by atoms with van der Waals surface area (Å²) in [5, 5.41) is 2.45. The third kappa shape index (κ3) is 3.49. The Morgan fingerprint density at radius 3 is 2.71 bits per heavy atom. The molecule has 11 heteroatoms. The zero-order valence-electron chi connectivity index (χ0n) is 16.3. The molecule has 31 heavy (non-hydrogen) atoms. The van der Waals surface area contributed by atoms with Gasteiger partial charge in [0.05, 0.1) is 6.54 Å². The highest BCUT2D eigenvalue weighted by atomic mass is 35.5. The van der Waals surface area contributed by atoms with Crippen LogP contribution in [0.2, 0.25) is 5.02 Å². The Labute approximate surface area is 180 Å². The topological polar surface area (TPSA) is 93.2 Å². The van der Waals surface area contributed by atoms with E-state index in [1.54, 1.807) is 0 Å². The fourth-order valence-electron chi connectivity index (χ4n) is 3.45. The first-order valence-corrected chi connectivity index (χ1v) is 9.70. The predicted octanol–water partition coefficient (Wildman–Crippen LogP) is 3.18. The maximum Gasteiger partial charge on any atom is 0.427 e. The number of nitrogens with two attached hydrogens (primary N) is 1. The molecule has 3 N–H and O–H groups in total. The number of benzene rings is 1. The van der Waals surface area contributed by atoms with E-state index in [4.69, 9.17) is 17.3 Å². The van der Waals surface area contributed by atoms with Crippen molar-refractivity contribution in [3.63, 3.8) is 0 Å². The second-order valence-electron chi connectivity index (χ2n) is 7.48. The van der Waals surface area contributed by atoms with Gasteiger partial charge in [-0.3, -0.25) is 9.69 Å². The van der Waals surface area contributed by atoms with Crippen LogP contribution in [0.4, 0.5) is 29.5 Å². The Hall–Kier alpha value is -3.19. The Morgan fingerprint density at radius 1 is 1.35 bits per heavy atom. The Morgan fingerprint density at radius 2 is 2.06 bits per heavy atom. The van der Waals surface area contributed by atoms with Crippen LogP contribution in [0.1, 0.15) is 24.0 Å². The molecule has 1 aliphatic carbocycles. The summed E-state index contributed by atoms with van der Waals surface area (Å²) in [6.45, 7) is -0.0733. The molecule has 4 rings (SSSR count). The molecule has 1 aromatic carbocycles. The van der Waals surface area contributed by atoms with Crippen molar-refractivity contribution in [1.29, 1.82) is 0 Å². The van der Waals surface area contributed by atoms with E-state index in [0.29, 0.717) is 10.5 Å². The van der Waals surface area contributed by atoms with Crippen molar-refractivity contribution < 1.29 is 18.0 Å². The van der Waals surface area contributed by atoms with E-state index in [1.807, 2.05) is 0 Å². The fraction of sp³-hybridized carbons (Fsp3) is 0.350. The summed E-state index contributed by atoms with van der Waals surface area (Å²) in [6, 6.07) is 1.52. The number of aromatic nitrogens is 2. The number of nitrogen functional groups attached to an aromatic ring is 1. The standard InChI is InChI=1S/C20H17ClF3N5O2/c1-28-18(31)27-15-8-12(10-29-7-6-26-16(25)17(29)30)14(21)9-13(15)19(28,20(22,23)24)5-4-11-2-3-11/h6-9,11H,2-3,10H2,1H3,(H2,25,26)(H,27,31). The number of anilines is 2. The van der Waals surface area contributed by atoms with Gasteiger partial charge < -0.3 is 15.6 Å². The smallest absolute Gasteiger partial charge is 0.379 e. The number of nitrogens with zero attached hydrogens (tertiary/aromatic N) is 3. The summed E-state index contributed by atoms with van der Waals surface area (Å²) in [5.41, 5.74) is 2.09. The van der Waals surface area contributed by atoms with Crippen LogP contribution >= 0.6 is 11.6 Å². The number of carbonyl (C=O) groups excluding carboxylic acids is 1. The number of amides is 2. The number of halogens is 4. The maximum atomic E-state index is 14.4. The van der Waals surface area contributed by atoms with Gasteiger partial charge in [0.1, 0.15) is 0 Å². The minimum absolute atomic E-state index is 0.00701. The second-order valence-corrected chi connectivity index (χ2v) is 7.88. The van der Waals surface area contributed by atoms with E-state index in [-0.39, 0.29) is 34.6 Å². The molecule has 1 saturated carbocycles. The van der Waals surface area contributed by atoms with Gasteiger partial charge in [-0.25, -0.2) is 9.78 Å². The van der Waals surface area contributed by atoms with E-state index in [0.717, 1.165) is 26.0 Å². The van der Waals surface area contributed by atoms with Crippen molar-refractivity contribution in [2.75, 3.05) is 18.1 Å². The van der Waals surface area contributed by atoms with E-state index in [9.17, 15) is 22.8 Å². The zero-order chi connectivity index (χ0) is 22.6. The van der Waals surface area contributed by atoms with E-state index in [2.05, 4.69) is 22.1 Å². The van der Waals surface area contributed by atoms with Crippen LogP contribution in [0.5, 0.6) is 0 Å². The van der Waals surface area contributed by atoms with Gasteiger partial charge in [-0.1, -0.05) is 23.4 Å². The number of alkyl halides is 3. The van der Waals surface area contributed by atoms with Gasteiger partial charge in [0.15, 0.2) is 5.82 Å². The van der Waals surface area contributed by atoms with E-state index >= 15 is 0 Å². The van der Waals surface area contributed by atoms with Crippen LogP contribution in [0.15, 0.2) is 29.3 Å². The van der Waals surface area contributed by atoms with E-state index in [1.165, 1.54) is 23.0 Å². The molecule has 162 valence electrons. The van der Waals surface area contributed by atoms with Crippen LogP contribution in [-0.2, 0) is 12.1 Å². The minimum atomic E-state index is -4.88. The van der Waals surface area contributed by atoms with Gasteiger partial charge in [0.25, 0.3) is 5.56 Å². The van der Waals surface area contributed by atoms with Gasteiger partial charge in [-0.2, -0.15) is 13.2 Å². The van der Waals surface area contributed by atoms with Crippen LogP contribution in [0.3, 0.4) is 0 Å². The third-order valence-electron chi connectivity index (χ3n) is 5.35. The summed E-state index contributed by atoms with van der Waals surface area (Å²) < 4.78 is 44.5. The van der Waals surface area contributed by atoms with Crippen molar-refractivity contribution >= 4 is 29.1 Å². The van der Waals surface area contributed by atoms with Crippen molar-refractivity contribution in [3.05, 3.63) is 51.0 Å². The first-order chi connectivity index (χ1) is 14.5. The van der Waals surface area contributed by atoms with Crippen LogP contribution in [-0.4, -0.2) is 33.7 Å². The van der Waals surface area contributed by atoms with Gasteiger partial charge in [0.2, 0.25) is 5.54 Å². The average molecular weight is 452 g/mol. The molecule has 7 nitrogen and oxygen atoms in total. The highest BCUT2D eigenvalue weighted by Crippen LogP contribution is 2.49. The molecule has 0 saturated heterocycles. The Bertz CT molecular complexity index is 1200. The second kappa shape index (κ2) is 7.20.